The lowest BCUT2D eigenvalue weighted by atomic mass is 10.1. The molecule has 3 aromatic rings. The van der Waals surface area contributed by atoms with Crippen LogP contribution in [-0.2, 0) is 13.0 Å². The van der Waals surface area contributed by atoms with Crippen molar-refractivity contribution in [1.29, 1.82) is 0 Å². The van der Waals surface area contributed by atoms with Crippen molar-refractivity contribution >= 4 is 11.7 Å². The van der Waals surface area contributed by atoms with Gasteiger partial charge in [0.2, 0.25) is 0 Å². The number of methoxy groups -OCH3 is 1. The Kier molecular flexibility index (Phi) is 6.63. The first-order valence-electron chi connectivity index (χ1n) is 9.28. The lowest BCUT2D eigenvalue weighted by molar-refractivity contribution is 0.0784. The monoisotopic (exact) mass is 375 g/mol. The van der Waals surface area contributed by atoms with Crippen molar-refractivity contribution in [2.24, 2.45) is 0 Å². The predicted octanol–water partition coefficient (Wildman–Crippen LogP) is 4.02. The molecule has 0 atom stereocenters. The number of ether oxygens (including phenoxy) is 1. The predicted molar refractivity (Wildman–Crippen MR) is 112 cm³/mol. The average molecular weight is 375 g/mol. The third kappa shape index (κ3) is 5.10. The van der Waals surface area contributed by atoms with Gasteiger partial charge in [0.25, 0.3) is 5.91 Å². The van der Waals surface area contributed by atoms with Crippen LogP contribution >= 0.6 is 0 Å². The summed E-state index contributed by atoms with van der Waals surface area (Å²) < 4.78 is 5.37. The molecular formula is C23H25N3O2. The summed E-state index contributed by atoms with van der Waals surface area (Å²) in [6, 6.07) is 21.6. The van der Waals surface area contributed by atoms with E-state index in [1.54, 1.807) is 25.3 Å². The summed E-state index contributed by atoms with van der Waals surface area (Å²) in [7, 11) is 3.48. The second-order valence-corrected chi connectivity index (χ2v) is 6.57. The zero-order valence-electron chi connectivity index (χ0n) is 16.3. The fourth-order valence-corrected chi connectivity index (χ4v) is 3.01. The Bertz CT molecular complexity index is 895. The molecule has 0 saturated carbocycles. The Hall–Kier alpha value is -3.34. The van der Waals surface area contributed by atoms with Crippen molar-refractivity contribution < 1.29 is 9.53 Å². The molecule has 2 aromatic carbocycles. The van der Waals surface area contributed by atoms with Gasteiger partial charge in [0, 0.05) is 26.3 Å². The molecule has 3 rings (SSSR count). The minimum Gasteiger partial charge on any atom is -0.496 e. The van der Waals surface area contributed by atoms with E-state index in [0.29, 0.717) is 12.1 Å². The lowest BCUT2D eigenvalue weighted by Gasteiger charge is -2.17. The van der Waals surface area contributed by atoms with Crippen molar-refractivity contribution in [3.63, 3.8) is 0 Å². The highest BCUT2D eigenvalue weighted by atomic mass is 16.5. The number of carbonyl (C=O) groups excluding carboxylic acids is 1. The van der Waals surface area contributed by atoms with Gasteiger partial charge in [0.15, 0.2) is 0 Å². The van der Waals surface area contributed by atoms with Gasteiger partial charge in [-0.15, -0.1) is 0 Å². The number of pyridine rings is 1. The minimum absolute atomic E-state index is 0.0445. The molecule has 1 heterocycles. The topological polar surface area (TPSA) is 54.5 Å². The number of benzene rings is 2. The molecule has 0 radical (unpaired) electrons. The number of nitrogens with one attached hydrogen (secondary N) is 1. The largest absolute Gasteiger partial charge is 0.496 e. The van der Waals surface area contributed by atoms with Crippen LogP contribution in [0.5, 0.6) is 5.75 Å². The van der Waals surface area contributed by atoms with Crippen LogP contribution in [0, 0.1) is 0 Å². The number of hydrogen-bond acceptors (Lipinski definition) is 4. The molecule has 1 N–H and O–H groups in total. The Balaban J connectivity index is 1.53. The van der Waals surface area contributed by atoms with Gasteiger partial charge < -0.3 is 15.0 Å². The van der Waals surface area contributed by atoms with Gasteiger partial charge in [0.1, 0.15) is 11.6 Å². The van der Waals surface area contributed by atoms with E-state index in [2.05, 4.69) is 16.4 Å². The van der Waals surface area contributed by atoms with Gasteiger partial charge in [0.05, 0.1) is 12.7 Å². The van der Waals surface area contributed by atoms with Crippen molar-refractivity contribution in [2.75, 3.05) is 26.0 Å². The van der Waals surface area contributed by atoms with Gasteiger partial charge >= 0.3 is 0 Å². The molecule has 1 amide bonds. The van der Waals surface area contributed by atoms with Gasteiger partial charge in [-0.05, 0) is 35.7 Å². The third-order valence-electron chi connectivity index (χ3n) is 4.51. The summed E-state index contributed by atoms with van der Waals surface area (Å²) in [5.41, 5.74) is 2.82. The van der Waals surface area contributed by atoms with E-state index in [1.807, 2.05) is 60.7 Å². The molecule has 1 aromatic heterocycles. The Morgan fingerprint density at radius 1 is 1.04 bits per heavy atom. The molecule has 0 aliphatic carbocycles. The molecule has 5 nitrogen and oxygen atoms in total. The second-order valence-electron chi connectivity index (χ2n) is 6.57. The van der Waals surface area contributed by atoms with E-state index in [9.17, 15) is 4.79 Å². The van der Waals surface area contributed by atoms with E-state index in [0.717, 1.165) is 35.7 Å². The number of anilines is 1. The fourth-order valence-electron chi connectivity index (χ4n) is 3.01. The number of carbonyl (C=O) groups is 1. The van der Waals surface area contributed by atoms with Gasteiger partial charge in [-0.2, -0.15) is 0 Å². The summed E-state index contributed by atoms with van der Waals surface area (Å²) in [5, 5.41) is 3.29. The molecule has 0 bridgehead atoms. The summed E-state index contributed by atoms with van der Waals surface area (Å²) in [5.74, 6) is 1.59. The van der Waals surface area contributed by atoms with Gasteiger partial charge in [-0.3, -0.25) is 4.79 Å². The maximum absolute atomic E-state index is 12.6. The summed E-state index contributed by atoms with van der Waals surface area (Å²) in [6.45, 7) is 1.30. The zero-order chi connectivity index (χ0) is 19.8. The van der Waals surface area contributed by atoms with Gasteiger partial charge in [-0.1, -0.05) is 48.5 Å². The highest BCUT2D eigenvalue weighted by Gasteiger charge is 2.12. The zero-order valence-corrected chi connectivity index (χ0v) is 16.3. The van der Waals surface area contributed by atoms with E-state index in [1.165, 1.54) is 0 Å². The molecular weight excluding hydrogens is 350 g/mol. The Morgan fingerprint density at radius 2 is 1.79 bits per heavy atom. The van der Waals surface area contributed by atoms with Crippen LogP contribution in [0.3, 0.4) is 0 Å². The molecule has 0 saturated heterocycles. The standard InChI is InChI=1S/C23H25N3O2/c1-26(17-18-8-4-3-5-9-18)23(27)20-12-13-22(25-16-20)24-15-14-19-10-6-7-11-21(19)28-2/h3-13,16H,14-15,17H2,1-2H3,(H,24,25). The number of aromatic nitrogens is 1. The van der Waals surface area contributed by atoms with Crippen LogP contribution in [-0.4, -0.2) is 36.5 Å². The van der Waals surface area contributed by atoms with Crippen molar-refractivity contribution in [3.05, 3.63) is 89.6 Å². The lowest BCUT2D eigenvalue weighted by Crippen LogP contribution is -2.26. The smallest absolute Gasteiger partial charge is 0.255 e. The number of rotatable bonds is 8. The number of nitrogens with zero attached hydrogens (tertiary/aromatic N) is 2. The van der Waals surface area contributed by atoms with Gasteiger partial charge in [-0.25, -0.2) is 4.98 Å². The van der Waals surface area contributed by atoms with Crippen LogP contribution in [0.4, 0.5) is 5.82 Å². The highest BCUT2D eigenvalue weighted by molar-refractivity contribution is 5.93. The van der Waals surface area contributed by atoms with E-state index in [-0.39, 0.29) is 5.91 Å². The number of hydrogen-bond donors (Lipinski definition) is 1. The highest BCUT2D eigenvalue weighted by Crippen LogP contribution is 2.18. The maximum atomic E-state index is 12.6. The summed E-state index contributed by atoms with van der Waals surface area (Å²) in [6.07, 6.45) is 2.45. The molecule has 144 valence electrons. The molecule has 0 spiro atoms. The molecule has 0 fully saturated rings. The third-order valence-corrected chi connectivity index (χ3v) is 4.51. The van der Waals surface area contributed by atoms with E-state index >= 15 is 0 Å². The van der Waals surface area contributed by atoms with Crippen LogP contribution < -0.4 is 10.1 Å². The van der Waals surface area contributed by atoms with Crippen LogP contribution in [0.15, 0.2) is 72.9 Å². The van der Waals surface area contributed by atoms with Crippen LogP contribution in [0.2, 0.25) is 0 Å². The molecule has 5 heteroatoms. The first-order valence-corrected chi connectivity index (χ1v) is 9.28. The maximum Gasteiger partial charge on any atom is 0.255 e. The van der Waals surface area contributed by atoms with Crippen molar-refractivity contribution in [1.82, 2.24) is 9.88 Å². The number of amides is 1. The first-order chi connectivity index (χ1) is 13.7. The quantitative estimate of drug-likeness (QED) is 0.646. The molecule has 0 aliphatic heterocycles. The number of para-hydroxylation sites is 1. The van der Waals surface area contributed by atoms with E-state index in [4.69, 9.17) is 4.74 Å². The Labute approximate surface area is 166 Å². The van der Waals surface area contributed by atoms with Crippen molar-refractivity contribution in [3.8, 4) is 5.75 Å². The van der Waals surface area contributed by atoms with E-state index < -0.39 is 0 Å². The fraction of sp³-hybridized carbons (Fsp3) is 0.217. The molecule has 28 heavy (non-hydrogen) atoms. The second kappa shape index (κ2) is 9.55. The van der Waals surface area contributed by atoms with Crippen molar-refractivity contribution in [2.45, 2.75) is 13.0 Å². The normalized spacial score (nSPS) is 10.4. The summed E-state index contributed by atoms with van der Waals surface area (Å²) >= 11 is 0. The molecule has 0 unspecified atom stereocenters. The molecule has 0 aliphatic rings. The van der Waals surface area contributed by atoms with Crippen LogP contribution in [0.1, 0.15) is 21.5 Å². The van der Waals surface area contributed by atoms with Crippen LogP contribution in [0.25, 0.3) is 0 Å². The minimum atomic E-state index is -0.0445. The summed E-state index contributed by atoms with van der Waals surface area (Å²) in [4.78, 5) is 18.7. The first kappa shape index (κ1) is 19.4. The Morgan fingerprint density at radius 3 is 2.50 bits per heavy atom. The average Bonchev–Trinajstić information content (AvgIpc) is 2.75. The SMILES string of the molecule is COc1ccccc1CCNc1ccc(C(=O)N(C)Cc2ccccc2)cn1.